The number of carbonyl (C=O) groups is 3. The first-order valence-electron chi connectivity index (χ1n) is 8.16. The molecule has 2 saturated heterocycles. The minimum absolute atomic E-state index is 0.0236. The highest BCUT2D eigenvalue weighted by atomic mass is 32.2. The summed E-state index contributed by atoms with van der Waals surface area (Å²) >= 11 is 1.44. The van der Waals surface area contributed by atoms with E-state index in [4.69, 9.17) is 10.5 Å². The topological polar surface area (TPSA) is 125 Å². The number of carboxylic acids is 1. The number of nitrogens with two attached hydrogens (primary N) is 1. The molecule has 0 aromatic carbocycles. The van der Waals surface area contributed by atoms with Crippen LogP contribution in [0, 0.1) is 0 Å². The van der Waals surface area contributed by atoms with E-state index in [9.17, 15) is 19.5 Å². The quantitative estimate of drug-likeness (QED) is 0.350. The fourth-order valence-corrected chi connectivity index (χ4v) is 4.88. The smallest absolute Gasteiger partial charge is 0.352 e. The average Bonchev–Trinajstić information content (AvgIpc) is 3.36. The van der Waals surface area contributed by atoms with Crippen LogP contribution in [-0.4, -0.2) is 63.2 Å². The predicted molar refractivity (Wildman–Crippen MR) is 89.3 cm³/mol. The van der Waals surface area contributed by atoms with E-state index < -0.39 is 35.2 Å². The van der Waals surface area contributed by atoms with Crippen molar-refractivity contribution in [2.24, 2.45) is 5.73 Å². The van der Waals surface area contributed by atoms with Gasteiger partial charge in [0.1, 0.15) is 23.2 Å². The minimum atomic E-state index is -1.12. The summed E-state index contributed by atoms with van der Waals surface area (Å²) in [7, 11) is 0. The maximum absolute atomic E-state index is 12.4. The minimum Gasteiger partial charge on any atom is -0.477 e. The summed E-state index contributed by atoms with van der Waals surface area (Å²) in [5, 5.41) is 11.6. The molecule has 2 unspecified atom stereocenters. The third kappa shape index (κ3) is 2.66. The first-order chi connectivity index (χ1) is 11.9. The number of ether oxygens (including phenoxy) is 1. The van der Waals surface area contributed by atoms with Gasteiger partial charge in [0.25, 0.3) is 5.91 Å². The van der Waals surface area contributed by atoms with Crippen LogP contribution in [0.3, 0.4) is 0 Å². The van der Waals surface area contributed by atoms with Crippen molar-refractivity contribution >= 4 is 29.5 Å². The molecule has 8 nitrogen and oxygen atoms in total. The second-order valence-corrected chi connectivity index (χ2v) is 7.84. The van der Waals surface area contributed by atoms with Crippen LogP contribution in [0.25, 0.3) is 0 Å². The second-order valence-electron chi connectivity index (χ2n) is 6.74. The molecular weight excluding hydrogens is 346 g/mol. The fraction of sp³-hybridized carbons (Fsp3) is 0.562. The highest BCUT2D eigenvalue weighted by Crippen LogP contribution is 2.40. The van der Waals surface area contributed by atoms with E-state index in [1.807, 2.05) is 6.08 Å². The lowest BCUT2D eigenvalue weighted by Gasteiger charge is -2.49. The third-order valence-corrected chi connectivity index (χ3v) is 6.50. The van der Waals surface area contributed by atoms with Gasteiger partial charge in [-0.15, -0.1) is 11.8 Å². The molecule has 2 fully saturated rings. The van der Waals surface area contributed by atoms with Crippen molar-refractivity contribution in [3.05, 3.63) is 22.9 Å². The molecular formula is C16H19N3O5S. The summed E-state index contributed by atoms with van der Waals surface area (Å²) in [6.07, 6.45) is 3.79. The SMILES string of the molecule is CC1=C(C(=O)O)N2C(=O)[C@@H](NC(=O)[C@H](N)C3=CCC4OC4C3)[C@H]2SC1. The maximum atomic E-state index is 12.4. The Morgan fingerprint density at radius 2 is 2.24 bits per heavy atom. The van der Waals surface area contributed by atoms with Crippen LogP contribution in [-0.2, 0) is 19.1 Å². The number of nitrogens with zero attached hydrogens (tertiary/aromatic N) is 1. The molecule has 9 heteroatoms. The third-order valence-electron chi connectivity index (χ3n) is 5.08. The van der Waals surface area contributed by atoms with Crippen LogP contribution in [0.15, 0.2) is 22.9 Å². The van der Waals surface area contributed by atoms with Crippen LogP contribution in [0.1, 0.15) is 19.8 Å². The lowest BCUT2D eigenvalue weighted by Crippen LogP contribution is -2.71. The molecule has 3 aliphatic heterocycles. The molecule has 0 bridgehead atoms. The van der Waals surface area contributed by atoms with Gasteiger partial charge >= 0.3 is 5.97 Å². The molecule has 1 aliphatic carbocycles. The van der Waals surface area contributed by atoms with E-state index in [1.165, 1.54) is 16.7 Å². The Balaban J connectivity index is 1.42. The van der Waals surface area contributed by atoms with E-state index in [1.54, 1.807) is 6.92 Å². The first-order valence-corrected chi connectivity index (χ1v) is 9.21. The predicted octanol–water partition coefficient (Wildman–Crippen LogP) is -0.440. The van der Waals surface area contributed by atoms with Gasteiger partial charge in [0, 0.05) is 5.75 Å². The standard InChI is InChI=1S/C16H19N3O5S/c1-6-5-25-15-11(14(21)19(15)12(6)16(22)23)18-13(20)10(17)7-2-3-8-9(4-7)24-8/h2,8-11,15H,3-5,17H2,1H3,(H,18,20)(H,22,23)/t8?,9?,10-,11-,15-/m1/s1. The Bertz CT molecular complexity index is 733. The van der Waals surface area contributed by atoms with Gasteiger partial charge in [-0.25, -0.2) is 4.79 Å². The van der Waals surface area contributed by atoms with Gasteiger partial charge in [0.15, 0.2) is 0 Å². The molecule has 0 radical (unpaired) electrons. The van der Waals surface area contributed by atoms with Crippen molar-refractivity contribution in [1.29, 1.82) is 0 Å². The van der Waals surface area contributed by atoms with Crippen molar-refractivity contribution in [2.45, 2.75) is 49.4 Å². The molecule has 0 saturated carbocycles. The highest BCUT2D eigenvalue weighted by Gasteiger charge is 2.54. The summed E-state index contributed by atoms with van der Waals surface area (Å²) in [5.74, 6) is -1.42. The van der Waals surface area contributed by atoms with Crippen LogP contribution < -0.4 is 11.1 Å². The number of carboxylic acid groups (broad SMARTS) is 1. The Morgan fingerprint density at radius 1 is 1.48 bits per heavy atom. The number of carbonyl (C=O) groups excluding carboxylic acids is 2. The number of hydrogen-bond acceptors (Lipinski definition) is 6. The number of aliphatic carboxylic acids is 1. The van der Waals surface area contributed by atoms with Gasteiger partial charge in [-0.05, 0) is 30.9 Å². The molecule has 0 aromatic heterocycles. The number of epoxide rings is 1. The van der Waals surface area contributed by atoms with Gasteiger partial charge in [-0.1, -0.05) is 6.08 Å². The number of rotatable bonds is 4. The van der Waals surface area contributed by atoms with Crippen molar-refractivity contribution in [3.8, 4) is 0 Å². The zero-order valence-corrected chi connectivity index (χ0v) is 14.4. The number of fused-ring (bicyclic) bond motifs is 2. The Morgan fingerprint density at radius 3 is 2.92 bits per heavy atom. The first kappa shape index (κ1) is 16.6. The molecule has 0 spiro atoms. The number of β-lactam (4-membered cyclic amide) rings is 1. The van der Waals surface area contributed by atoms with E-state index in [0.29, 0.717) is 17.7 Å². The van der Waals surface area contributed by atoms with Gasteiger partial charge in [-0.3, -0.25) is 14.5 Å². The molecule has 4 rings (SSSR count). The molecule has 3 heterocycles. The molecule has 5 atom stereocenters. The average molecular weight is 365 g/mol. The van der Waals surface area contributed by atoms with Gasteiger partial charge < -0.3 is 20.9 Å². The largest absolute Gasteiger partial charge is 0.477 e. The summed E-state index contributed by atoms with van der Waals surface area (Å²) in [6, 6.07) is -1.54. The molecule has 134 valence electrons. The summed E-state index contributed by atoms with van der Waals surface area (Å²) in [5.41, 5.74) is 7.54. The normalized spacial score (nSPS) is 34.4. The van der Waals surface area contributed by atoms with E-state index in [-0.39, 0.29) is 17.9 Å². The summed E-state index contributed by atoms with van der Waals surface area (Å²) < 4.78 is 5.42. The lowest BCUT2D eigenvalue weighted by atomic mass is 9.93. The van der Waals surface area contributed by atoms with Crippen molar-refractivity contribution in [3.63, 3.8) is 0 Å². The van der Waals surface area contributed by atoms with Gasteiger partial charge in [0.05, 0.1) is 12.2 Å². The van der Waals surface area contributed by atoms with E-state index in [2.05, 4.69) is 5.32 Å². The molecule has 0 aromatic rings. The van der Waals surface area contributed by atoms with Crippen LogP contribution in [0.5, 0.6) is 0 Å². The maximum Gasteiger partial charge on any atom is 0.352 e. The Hall–Kier alpha value is -1.84. The lowest BCUT2D eigenvalue weighted by molar-refractivity contribution is -0.150. The zero-order chi connectivity index (χ0) is 17.9. The summed E-state index contributed by atoms with van der Waals surface area (Å²) in [6.45, 7) is 1.70. The van der Waals surface area contributed by atoms with Crippen LogP contribution >= 0.6 is 11.8 Å². The monoisotopic (exact) mass is 365 g/mol. The molecule has 2 amide bonds. The van der Waals surface area contributed by atoms with Crippen molar-refractivity contribution < 1.29 is 24.2 Å². The number of nitrogens with one attached hydrogen (secondary N) is 1. The number of amides is 2. The zero-order valence-electron chi connectivity index (χ0n) is 13.6. The molecule has 4 N–H and O–H groups in total. The van der Waals surface area contributed by atoms with E-state index >= 15 is 0 Å². The van der Waals surface area contributed by atoms with Gasteiger partial charge in [-0.2, -0.15) is 0 Å². The highest BCUT2D eigenvalue weighted by molar-refractivity contribution is 8.00. The van der Waals surface area contributed by atoms with Crippen LogP contribution in [0.4, 0.5) is 0 Å². The summed E-state index contributed by atoms with van der Waals surface area (Å²) in [4.78, 5) is 37.5. The number of thioether (sulfide) groups is 1. The van der Waals surface area contributed by atoms with E-state index in [0.717, 1.165) is 12.0 Å². The molecule has 4 aliphatic rings. The van der Waals surface area contributed by atoms with Gasteiger partial charge in [0.2, 0.25) is 5.91 Å². The van der Waals surface area contributed by atoms with Crippen molar-refractivity contribution in [2.75, 3.05) is 5.75 Å². The van der Waals surface area contributed by atoms with Crippen LogP contribution in [0.2, 0.25) is 0 Å². The number of hydrogen-bond donors (Lipinski definition) is 3. The Kier molecular flexibility index (Phi) is 3.89. The second kappa shape index (κ2) is 5.86. The molecule has 25 heavy (non-hydrogen) atoms. The fourth-order valence-electron chi connectivity index (χ4n) is 3.59. The van der Waals surface area contributed by atoms with Crippen molar-refractivity contribution in [1.82, 2.24) is 10.2 Å². The Labute approximate surface area is 148 Å².